The second-order valence-electron chi connectivity index (χ2n) is 6.57. The lowest BCUT2D eigenvalue weighted by molar-refractivity contribution is -0.138. The van der Waals surface area contributed by atoms with Crippen LogP contribution in [0.3, 0.4) is 0 Å². The highest BCUT2D eigenvalue weighted by Crippen LogP contribution is 2.40. The van der Waals surface area contributed by atoms with E-state index in [1.807, 2.05) is 0 Å². The predicted octanol–water partition coefficient (Wildman–Crippen LogP) is 3.58. The van der Waals surface area contributed by atoms with E-state index in [1.54, 1.807) is 0 Å². The number of cyclic esters (lactones) is 2. The van der Waals surface area contributed by atoms with Crippen LogP contribution in [0.15, 0.2) is 24.3 Å². The van der Waals surface area contributed by atoms with Crippen LogP contribution in [0, 0.1) is 0 Å². The maximum absolute atomic E-state index is 13.6. The molecule has 0 spiro atoms. The molecule has 0 amide bonds. The summed E-state index contributed by atoms with van der Waals surface area (Å²) in [6.45, 7) is 0. The van der Waals surface area contributed by atoms with Gasteiger partial charge in [0.2, 0.25) is 0 Å². The highest BCUT2D eigenvalue weighted by atomic mass is 19.4. The molecule has 2 aromatic rings. The van der Waals surface area contributed by atoms with E-state index in [1.165, 1.54) is 0 Å². The Labute approximate surface area is 171 Å². The Kier molecular flexibility index (Phi) is 4.30. The van der Waals surface area contributed by atoms with Gasteiger partial charge in [-0.1, -0.05) is 0 Å². The molecule has 32 heavy (non-hydrogen) atoms. The summed E-state index contributed by atoms with van der Waals surface area (Å²) >= 11 is 0. The van der Waals surface area contributed by atoms with E-state index < -0.39 is 86.5 Å². The number of esters is 4. The van der Waals surface area contributed by atoms with E-state index >= 15 is 0 Å². The standard InChI is InChI=1S/C19H4F6O7/c20-18(21,22)11-3-7-5-1-9(11)13(26)10-2-6(15(28)31-14(5)27)8(17(30)32-16(7)29)4-12(10)19(23,24)25/h1-4H. The van der Waals surface area contributed by atoms with Gasteiger partial charge in [0.25, 0.3) is 0 Å². The van der Waals surface area contributed by atoms with Crippen LogP contribution in [-0.2, 0) is 21.8 Å². The number of ether oxygens (including phenoxy) is 2. The van der Waals surface area contributed by atoms with Gasteiger partial charge >= 0.3 is 36.2 Å². The van der Waals surface area contributed by atoms with Crippen LogP contribution in [0.2, 0.25) is 0 Å². The highest BCUT2D eigenvalue weighted by molar-refractivity contribution is 6.20. The lowest BCUT2D eigenvalue weighted by Gasteiger charge is -2.22. The molecule has 2 aliphatic rings. The molecule has 2 aromatic carbocycles. The van der Waals surface area contributed by atoms with Crippen LogP contribution in [0.4, 0.5) is 26.3 Å². The SMILES string of the molecule is O=C1OC(=O)c2cc3c(C(F)(F)F)cc2C(=O)OC(=O)c2cc(C(F)(F)F)c(cc21)C3=O. The fraction of sp³-hybridized carbons (Fsp3) is 0.105. The Hall–Kier alpha value is -4.03. The van der Waals surface area contributed by atoms with Crippen molar-refractivity contribution >= 4 is 29.7 Å². The second-order valence-corrected chi connectivity index (χ2v) is 6.57. The van der Waals surface area contributed by atoms with Crippen molar-refractivity contribution in [3.63, 3.8) is 0 Å². The van der Waals surface area contributed by atoms with Gasteiger partial charge in [-0.15, -0.1) is 0 Å². The van der Waals surface area contributed by atoms with Crippen LogP contribution < -0.4 is 0 Å². The minimum atomic E-state index is -5.38. The van der Waals surface area contributed by atoms with Crippen molar-refractivity contribution in [2.75, 3.05) is 0 Å². The molecule has 7 nitrogen and oxygen atoms in total. The molecule has 164 valence electrons. The number of ketones is 1. The van der Waals surface area contributed by atoms with Crippen molar-refractivity contribution in [3.05, 3.63) is 68.8 Å². The van der Waals surface area contributed by atoms with E-state index in [-0.39, 0.29) is 24.3 Å². The minimum absolute atomic E-state index is 0.0341. The summed E-state index contributed by atoms with van der Waals surface area (Å²) in [5, 5.41) is 0. The zero-order valence-electron chi connectivity index (χ0n) is 14.9. The van der Waals surface area contributed by atoms with E-state index in [0.717, 1.165) is 0 Å². The molecule has 13 heteroatoms. The Morgan fingerprint density at radius 3 is 1.03 bits per heavy atom. The van der Waals surface area contributed by atoms with Gasteiger partial charge in [-0.05, 0) is 24.3 Å². The first kappa shape index (κ1) is 21.2. The lowest BCUT2D eigenvalue weighted by Crippen LogP contribution is -2.29. The lowest BCUT2D eigenvalue weighted by atomic mass is 9.87. The number of carbonyl (C=O) groups is 5. The van der Waals surface area contributed by atoms with Gasteiger partial charge in [-0.25, -0.2) is 19.2 Å². The number of fused-ring (bicyclic) bond motifs is 4. The predicted molar refractivity (Wildman–Crippen MR) is 85.8 cm³/mol. The zero-order chi connectivity index (χ0) is 23.7. The number of alkyl halides is 6. The van der Waals surface area contributed by atoms with Crippen molar-refractivity contribution in [3.8, 4) is 0 Å². The molecule has 0 radical (unpaired) electrons. The summed E-state index contributed by atoms with van der Waals surface area (Å²) in [5.41, 5.74) is -11.1. The molecule has 0 fully saturated rings. The number of hydrogen-bond donors (Lipinski definition) is 0. The molecule has 0 unspecified atom stereocenters. The molecule has 2 aliphatic heterocycles. The number of hydrogen-bond acceptors (Lipinski definition) is 7. The summed E-state index contributed by atoms with van der Waals surface area (Å²) in [7, 11) is 0. The van der Waals surface area contributed by atoms with Gasteiger partial charge in [-0.3, -0.25) is 4.79 Å². The molecule has 0 N–H and O–H groups in total. The van der Waals surface area contributed by atoms with Gasteiger partial charge in [0.05, 0.1) is 33.4 Å². The summed E-state index contributed by atoms with van der Waals surface area (Å²) in [4.78, 5) is 62.2. The molecule has 0 atom stereocenters. The Bertz CT molecular complexity index is 1190. The first-order chi connectivity index (χ1) is 14.7. The van der Waals surface area contributed by atoms with E-state index in [9.17, 15) is 50.3 Å². The van der Waals surface area contributed by atoms with Gasteiger partial charge < -0.3 is 9.47 Å². The molecular formula is C19H4F6O7. The number of carbonyl (C=O) groups excluding carboxylic acids is 5. The Balaban J connectivity index is 2.26. The van der Waals surface area contributed by atoms with Gasteiger partial charge in [0.15, 0.2) is 5.78 Å². The third-order valence-electron chi connectivity index (χ3n) is 4.67. The van der Waals surface area contributed by atoms with Crippen molar-refractivity contribution in [1.82, 2.24) is 0 Å². The van der Waals surface area contributed by atoms with E-state index in [0.29, 0.717) is 0 Å². The summed E-state index contributed by atoms with van der Waals surface area (Å²) in [5.74, 6) is -8.91. The fourth-order valence-corrected chi connectivity index (χ4v) is 3.25. The van der Waals surface area contributed by atoms with E-state index in [4.69, 9.17) is 0 Å². The fourth-order valence-electron chi connectivity index (χ4n) is 3.25. The monoisotopic (exact) mass is 458 g/mol. The van der Waals surface area contributed by atoms with Gasteiger partial charge in [-0.2, -0.15) is 26.3 Å². The molecule has 4 bridgehead atoms. The Morgan fingerprint density at radius 2 is 0.750 bits per heavy atom. The molecule has 0 saturated heterocycles. The van der Waals surface area contributed by atoms with Crippen molar-refractivity contribution in [2.45, 2.75) is 12.4 Å². The van der Waals surface area contributed by atoms with Gasteiger partial charge in [0, 0.05) is 11.1 Å². The maximum Gasteiger partial charge on any atom is 0.417 e. The van der Waals surface area contributed by atoms with Crippen molar-refractivity contribution < 1.29 is 59.8 Å². The molecule has 0 aromatic heterocycles. The molecule has 0 saturated carbocycles. The van der Waals surface area contributed by atoms with Crippen LogP contribution >= 0.6 is 0 Å². The average Bonchev–Trinajstić information content (AvgIpc) is 2.68. The number of rotatable bonds is 0. The van der Waals surface area contributed by atoms with Crippen molar-refractivity contribution in [1.29, 1.82) is 0 Å². The molecule has 2 heterocycles. The van der Waals surface area contributed by atoms with Crippen molar-refractivity contribution in [2.24, 2.45) is 0 Å². The normalized spacial score (nSPS) is 16.0. The quantitative estimate of drug-likeness (QED) is 0.338. The third-order valence-corrected chi connectivity index (χ3v) is 4.67. The second kappa shape index (κ2) is 6.48. The number of benzene rings is 2. The number of halogens is 6. The summed E-state index contributed by atoms with van der Waals surface area (Å²) < 4.78 is 90.5. The van der Waals surface area contributed by atoms with E-state index in [2.05, 4.69) is 9.47 Å². The summed E-state index contributed by atoms with van der Waals surface area (Å²) in [6, 6.07) is 0.270. The largest absolute Gasteiger partial charge is 0.417 e. The topological polar surface area (TPSA) is 104 Å². The summed E-state index contributed by atoms with van der Waals surface area (Å²) in [6.07, 6.45) is -10.8. The molecule has 0 aliphatic carbocycles. The molecule has 4 rings (SSSR count). The van der Waals surface area contributed by atoms with Crippen LogP contribution in [0.5, 0.6) is 0 Å². The van der Waals surface area contributed by atoms with Crippen LogP contribution in [0.25, 0.3) is 0 Å². The maximum atomic E-state index is 13.6. The average molecular weight is 458 g/mol. The first-order valence-electron chi connectivity index (χ1n) is 8.28. The zero-order valence-corrected chi connectivity index (χ0v) is 14.9. The molecular weight excluding hydrogens is 454 g/mol. The van der Waals surface area contributed by atoms with Crippen LogP contribution in [-0.4, -0.2) is 29.7 Å². The third kappa shape index (κ3) is 3.13. The Morgan fingerprint density at radius 1 is 0.469 bits per heavy atom. The first-order valence-corrected chi connectivity index (χ1v) is 8.28. The van der Waals surface area contributed by atoms with Gasteiger partial charge in [0.1, 0.15) is 0 Å². The minimum Gasteiger partial charge on any atom is -0.386 e. The van der Waals surface area contributed by atoms with Crippen LogP contribution in [0.1, 0.15) is 68.5 Å². The smallest absolute Gasteiger partial charge is 0.386 e. The highest BCUT2D eigenvalue weighted by Gasteiger charge is 2.44.